The molecule has 0 bridgehead atoms. The van der Waals surface area contributed by atoms with Gasteiger partial charge in [-0.1, -0.05) is 12.1 Å². The molecule has 0 saturated carbocycles. The summed E-state index contributed by atoms with van der Waals surface area (Å²) in [6.07, 6.45) is 0. The lowest BCUT2D eigenvalue weighted by molar-refractivity contribution is -0.385. The molecule has 1 aromatic carbocycles. The van der Waals surface area contributed by atoms with Gasteiger partial charge in [-0.05, 0) is 32.9 Å². The highest BCUT2D eigenvalue weighted by atomic mass is 16.6. The van der Waals surface area contributed by atoms with Crippen molar-refractivity contribution in [3.8, 4) is 0 Å². The first-order valence-electron chi connectivity index (χ1n) is 7.01. The van der Waals surface area contributed by atoms with E-state index in [0.29, 0.717) is 11.1 Å². The molecule has 116 valence electrons. The Morgan fingerprint density at radius 2 is 2.00 bits per heavy atom. The van der Waals surface area contributed by atoms with E-state index >= 15 is 0 Å². The molecular weight excluding hydrogens is 284 g/mol. The van der Waals surface area contributed by atoms with Gasteiger partial charge < -0.3 is 9.30 Å². The normalized spacial score (nSPS) is 10.5. The Balaban J connectivity index is 2.16. The molecule has 0 N–H and O–H groups in total. The molecule has 6 nitrogen and oxygen atoms in total. The highest BCUT2D eigenvalue weighted by Crippen LogP contribution is 2.20. The molecule has 0 radical (unpaired) electrons. The first kappa shape index (κ1) is 15.8. The van der Waals surface area contributed by atoms with Crippen molar-refractivity contribution >= 4 is 11.7 Å². The SMILES string of the molecule is CCn1c(C)cc(C(=O)OCc2ccccc2[N+](=O)[O-])c1C. The van der Waals surface area contributed by atoms with Crippen LogP contribution in [0.3, 0.4) is 0 Å². The number of ether oxygens (including phenoxy) is 1. The number of nitro groups is 1. The summed E-state index contributed by atoms with van der Waals surface area (Å²) in [6, 6.07) is 8.02. The topological polar surface area (TPSA) is 74.4 Å². The number of rotatable bonds is 5. The molecule has 0 aliphatic rings. The summed E-state index contributed by atoms with van der Waals surface area (Å²) in [6.45, 7) is 6.44. The maximum atomic E-state index is 12.2. The van der Waals surface area contributed by atoms with Crippen molar-refractivity contribution in [2.24, 2.45) is 0 Å². The fourth-order valence-electron chi connectivity index (χ4n) is 2.53. The number of carbonyl (C=O) groups excluding carboxylic acids is 1. The van der Waals surface area contributed by atoms with Crippen molar-refractivity contribution in [2.45, 2.75) is 33.9 Å². The molecule has 0 saturated heterocycles. The molecule has 6 heteroatoms. The zero-order chi connectivity index (χ0) is 16.3. The minimum Gasteiger partial charge on any atom is -0.457 e. The van der Waals surface area contributed by atoms with Gasteiger partial charge in [-0.3, -0.25) is 10.1 Å². The summed E-state index contributed by atoms with van der Waals surface area (Å²) in [4.78, 5) is 22.7. The summed E-state index contributed by atoms with van der Waals surface area (Å²) < 4.78 is 7.26. The van der Waals surface area contributed by atoms with E-state index in [1.165, 1.54) is 6.07 Å². The molecule has 0 aliphatic carbocycles. The fraction of sp³-hybridized carbons (Fsp3) is 0.312. The average molecular weight is 302 g/mol. The standard InChI is InChI=1S/C16H18N2O4/c1-4-17-11(2)9-14(12(17)3)16(19)22-10-13-7-5-6-8-15(13)18(20)21/h5-9H,4,10H2,1-3H3. The van der Waals surface area contributed by atoms with Gasteiger partial charge in [-0.2, -0.15) is 0 Å². The number of hydrogen-bond acceptors (Lipinski definition) is 4. The number of nitro benzene ring substituents is 1. The number of para-hydroxylation sites is 1. The zero-order valence-electron chi connectivity index (χ0n) is 12.8. The Labute approximate surface area is 128 Å². The number of hydrogen-bond donors (Lipinski definition) is 0. The predicted molar refractivity (Wildman–Crippen MR) is 81.8 cm³/mol. The molecule has 0 amide bonds. The summed E-state index contributed by atoms with van der Waals surface area (Å²) in [7, 11) is 0. The molecular formula is C16H18N2O4. The van der Waals surface area contributed by atoms with Crippen molar-refractivity contribution < 1.29 is 14.5 Å². The van der Waals surface area contributed by atoms with Gasteiger partial charge in [0.1, 0.15) is 6.61 Å². The van der Waals surface area contributed by atoms with E-state index in [4.69, 9.17) is 4.74 Å². The lowest BCUT2D eigenvalue weighted by Gasteiger charge is -2.07. The van der Waals surface area contributed by atoms with Crippen LogP contribution in [0.1, 0.15) is 34.2 Å². The number of esters is 1. The highest BCUT2D eigenvalue weighted by Gasteiger charge is 2.18. The number of carbonyl (C=O) groups is 1. The van der Waals surface area contributed by atoms with Crippen LogP contribution in [0.5, 0.6) is 0 Å². The highest BCUT2D eigenvalue weighted by molar-refractivity contribution is 5.91. The minimum atomic E-state index is -0.480. The van der Waals surface area contributed by atoms with Gasteiger partial charge in [0.25, 0.3) is 5.69 Å². The molecule has 2 rings (SSSR count). The van der Waals surface area contributed by atoms with E-state index in [-0.39, 0.29) is 12.3 Å². The Hall–Kier alpha value is -2.63. The second-order valence-corrected chi connectivity index (χ2v) is 4.99. The maximum absolute atomic E-state index is 12.2. The third-order valence-electron chi connectivity index (χ3n) is 3.66. The third kappa shape index (κ3) is 3.00. The molecule has 2 aromatic rings. The lowest BCUT2D eigenvalue weighted by atomic mass is 10.2. The fourth-order valence-corrected chi connectivity index (χ4v) is 2.53. The number of nitrogens with zero attached hydrogens (tertiary/aromatic N) is 2. The van der Waals surface area contributed by atoms with Crippen molar-refractivity contribution in [3.63, 3.8) is 0 Å². The minimum absolute atomic E-state index is 0.0469. The Bertz CT molecular complexity index is 719. The van der Waals surface area contributed by atoms with E-state index in [2.05, 4.69) is 0 Å². The van der Waals surface area contributed by atoms with E-state index in [9.17, 15) is 14.9 Å². The lowest BCUT2D eigenvalue weighted by Crippen LogP contribution is -2.08. The van der Waals surface area contributed by atoms with Gasteiger partial charge in [0.15, 0.2) is 0 Å². The van der Waals surface area contributed by atoms with E-state index in [0.717, 1.165) is 17.9 Å². The van der Waals surface area contributed by atoms with Crippen LogP contribution in [-0.4, -0.2) is 15.5 Å². The van der Waals surface area contributed by atoms with Gasteiger partial charge in [0.2, 0.25) is 0 Å². The Morgan fingerprint density at radius 3 is 2.59 bits per heavy atom. The van der Waals surface area contributed by atoms with Crippen LogP contribution in [0.4, 0.5) is 5.69 Å². The van der Waals surface area contributed by atoms with Gasteiger partial charge in [-0.15, -0.1) is 0 Å². The summed E-state index contributed by atoms with van der Waals surface area (Å²) >= 11 is 0. The van der Waals surface area contributed by atoms with Crippen molar-refractivity contribution in [3.05, 3.63) is 63.0 Å². The molecule has 0 spiro atoms. The molecule has 0 unspecified atom stereocenters. The smallest absolute Gasteiger partial charge is 0.340 e. The molecule has 0 fully saturated rings. The van der Waals surface area contributed by atoms with E-state index < -0.39 is 10.9 Å². The second-order valence-electron chi connectivity index (χ2n) is 4.99. The largest absolute Gasteiger partial charge is 0.457 e. The monoisotopic (exact) mass is 302 g/mol. The summed E-state index contributed by atoms with van der Waals surface area (Å²) in [5.74, 6) is -0.467. The first-order valence-corrected chi connectivity index (χ1v) is 7.01. The molecule has 1 aromatic heterocycles. The first-order chi connectivity index (χ1) is 10.5. The van der Waals surface area contributed by atoms with Crippen LogP contribution < -0.4 is 0 Å². The van der Waals surface area contributed by atoms with Gasteiger partial charge in [0, 0.05) is 24.0 Å². The Morgan fingerprint density at radius 1 is 1.32 bits per heavy atom. The van der Waals surface area contributed by atoms with Crippen LogP contribution in [-0.2, 0) is 17.9 Å². The van der Waals surface area contributed by atoms with Crippen molar-refractivity contribution in [2.75, 3.05) is 0 Å². The molecule has 0 aliphatic heterocycles. The number of aromatic nitrogens is 1. The van der Waals surface area contributed by atoms with Gasteiger partial charge in [-0.25, -0.2) is 4.79 Å². The predicted octanol–water partition coefficient (Wildman–Crippen LogP) is 3.39. The quantitative estimate of drug-likeness (QED) is 0.482. The molecule has 0 atom stereocenters. The van der Waals surface area contributed by atoms with Gasteiger partial charge in [0.05, 0.1) is 16.1 Å². The second kappa shape index (κ2) is 6.43. The van der Waals surface area contributed by atoms with Crippen molar-refractivity contribution in [1.82, 2.24) is 4.57 Å². The third-order valence-corrected chi connectivity index (χ3v) is 3.66. The van der Waals surface area contributed by atoms with Crippen LogP contribution in [0.15, 0.2) is 30.3 Å². The van der Waals surface area contributed by atoms with E-state index in [1.54, 1.807) is 24.3 Å². The summed E-state index contributed by atoms with van der Waals surface area (Å²) in [5, 5.41) is 10.9. The maximum Gasteiger partial charge on any atom is 0.340 e. The zero-order valence-corrected chi connectivity index (χ0v) is 12.8. The van der Waals surface area contributed by atoms with Crippen LogP contribution >= 0.6 is 0 Å². The van der Waals surface area contributed by atoms with Crippen LogP contribution in [0, 0.1) is 24.0 Å². The average Bonchev–Trinajstić information content (AvgIpc) is 2.79. The molecule has 1 heterocycles. The number of benzene rings is 1. The van der Waals surface area contributed by atoms with Crippen molar-refractivity contribution in [1.29, 1.82) is 0 Å². The Kier molecular flexibility index (Phi) is 4.60. The summed E-state index contributed by atoms with van der Waals surface area (Å²) in [5.41, 5.74) is 2.66. The van der Waals surface area contributed by atoms with E-state index in [1.807, 2.05) is 25.3 Å². The number of aryl methyl sites for hydroxylation is 1. The van der Waals surface area contributed by atoms with Crippen LogP contribution in [0.25, 0.3) is 0 Å². The van der Waals surface area contributed by atoms with Crippen LogP contribution in [0.2, 0.25) is 0 Å². The molecule has 22 heavy (non-hydrogen) atoms. The van der Waals surface area contributed by atoms with Gasteiger partial charge >= 0.3 is 5.97 Å².